The summed E-state index contributed by atoms with van der Waals surface area (Å²) in [6, 6.07) is 0. The number of nitrogens with one attached hydrogen (secondary N) is 1. The van der Waals surface area contributed by atoms with E-state index < -0.39 is 42.0 Å². The van der Waals surface area contributed by atoms with E-state index in [2.05, 4.69) is 4.98 Å². The molecule has 0 aliphatic heterocycles. The second-order valence-corrected chi connectivity index (χ2v) is 3.59. The number of alkyl halides is 5. The number of amides is 1. The van der Waals surface area contributed by atoms with Crippen molar-refractivity contribution in [3.63, 3.8) is 0 Å². The lowest BCUT2D eigenvalue weighted by molar-refractivity contribution is -0.396. The lowest BCUT2D eigenvalue weighted by atomic mass is 10.3. The van der Waals surface area contributed by atoms with Crippen molar-refractivity contribution in [2.45, 2.75) is 18.6 Å². The average molecular weight is 297 g/mol. The topological polar surface area (TPSA) is 90.1 Å². The van der Waals surface area contributed by atoms with Crippen molar-refractivity contribution in [3.05, 3.63) is 22.5 Å². The van der Waals surface area contributed by atoms with E-state index in [4.69, 9.17) is 0 Å². The minimum Gasteiger partial charge on any atom is -0.390 e. The molecule has 0 atom stereocenters. The van der Waals surface area contributed by atoms with Gasteiger partial charge in [-0.3, -0.25) is 4.79 Å². The highest BCUT2D eigenvalue weighted by Gasteiger charge is 2.57. The molecular formula is C8H7F5N4O3. The molecule has 1 aromatic heterocycles. The van der Waals surface area contributed by atoms with Gasteiger partial charge in [-0.05, 0) is 4.92 Å². The molecule has 0 unspecified atom stereocenters. The zero-order chi connectivity index (χ0) is 15.6. The van der Waals surface area contributed by atoms with Gasteiger partial charge in [0.05, 0.1) is 6.54 Å². The summed E-state index contributed by atoms with van der Waals surface area (Å²) in [5.41, 5.74) is 0. The first-order valence-electron chi connectivity index (χ1n) is 4.91. The number of hydrogen-bond acceptors (Lipinski definition) is 4. The highest BCUT2D eigenvalue weighted by atomic mass is 18.5. The molecule has 1 heterocycles. The van der Waals surface area contributed by atoms with Crippen LogP contribution in [0.15, 0.2) is 12.4 Å². The quantitative estimate of drug-likeness (QED) is 0.500. The Bertz CT molecular complexity index is 512. The number of nitrogens with zero attached hydrogens (tertiary/aromatic N) is 3. The van der Waals surface area contributed by atoms with Gasteiger partial charge in [0.2, 0.25) is 0 Å². The van der Waals surface area contributed by atoms with E-state index in [1.54, 1.807) is 0 Å². The van der Waals surface area contributed by atoms with Crippen LogP contribution in [-0.4, -0.2) is 39.0 Å². The number of halogens is 5. The van der Waals surface area contributed by atoms with Gasteiger partial charge in [-0.2, -0.15) is 22.0 Å². The SMILES string of the molecule is O=C(Cn1ccnc1[N+](=O)[O-])NCC([18F])([18F])C([18F])([18F])[18F]. The lowest BCUT2D eigenvalue weighted by Crippen LogP contribution is -2.47. The molecule has 0 saturated heterocycles. The van der Waals surface area contributed by atoms with Crippen molar-refractivity contribution < 1.29 is 31.7 Å². The Labute approximate surface area is 107 Å². The molecule has 1 amide bonds. The summed E-state index contributed by atoms with van der Waals surface area (Å²) in [6.07, 6.45) is -3.80. The van der Waals surface area contributed by atoms with Crippen molar-refractivity contribution in [1.29, 1.82) is 0 Å². The Morgan fingerprint density at radius 3 is 2.50 bits per heavy atom. The molecule has 112 valence electrons. The maximum absolute atomic E-state index is 12.5. The molecule has 0 spiro atoms. The predicted octanol–water partition coefficient (Wildman–Crippen LogP) is 1.11. The van der Waals surface area contributed by atoms with Crippen molar-refractivity contribution >= 4 is 11.9 Å². The fourth-order valence-electron chi connectivity index (χ4n) is 1.12. The smallest absolute Gasteiger partial charge is 0.390 e. The van der Waals surface area contributed by atoms with E-state index in [1.807, 2.05) is 0 Å². The van der Waals surface area contributed by atoms with Crippen LogP contribution in [0, 0.1) is 10.1 Å². The number of rotatable bonds is 5. The maximum Gasteiger partial charge on any atom is 0.455 e. The molecule has 0 aromatic carbocycles. The Morgan fingerprint density at radius 1 is 1.40 bits per heavy atom. The summed E-state index contributed by atoms with van der Waals surface area (Å²) >= 11 is 0. The van der Waals surface area contributed by atoms with Crippen molar-refractivity contribution in [1.82, 2.24) is 14.9 Å². The molecule has 0 bridgehead atoms. The number of nitro groups is 1. The number of carbonyl (C=O) groups excluding carboxylic acids is 1. The summed E-state index contributed by atoms with van der Waals surface area (Å²) in [5, 5.41) is 11.8. The fourth-order valence-corrected chi connectivity index (χ4v) is 1.12. The number of hydrogen-bond donors (Lipinski definition) is 1. The molecule has 20 heavy (non-hydrogen) atoms. The van der Waals surface area contributed by atoms with Gasteiger partial charge in [0.25, 0.3) is 5.91 Å². The van der Waals surface area contributed by atoms with Crippen LogP contribution in [0.1, 0.15) is 0 Å². The first kappa shape index (κ1) is 15.8. The van der Waals surface area contributed by atoms with Crippen LogP contribution in [0.4, 0.5) is 27.9 Å². The van der Waals surface area contributed by atoms with Crippen LogP contribution in [0.25, 0.3) is 0 Å². The summed E-state index contributed by atoms with van der Waals surface area (Å²) in [7, 11) is 0. The Hall–Kier alpha value is -2.27. The van der Waals surface area contributed by atoms with Gasteiger partial charge < -0.3 is 15.4 Å². The minimum absolute atomic E-state index is 0.696. The third-order valence-electron chi connectivity index (χ3n) is 2.09. The third kappa shape index (κ3) is 3.61. The third-order valence-corrected chi connectivity index (χ3v) is 2.09. The summed E-state index contributed by atoms with van der Waals surface area (Å²) in [5.74, 6) is -7.05. The molecule has 1 rings (SSSR count). The van der Waals surface area contributed by atoms with Gasteiger partial charge in [0, 0.05) is 0 Å². The Balaban J connectivity index is 2.61. The van der Waals surface area contributed by atoms with Crippen LogP contribution in [0.3, 0.4) is 0 Å². The zero-order valence-corrected chi connectivity index (χ0v) is 9.53. The normalized spacial score (nSPS) is 12.2. The maximum atomic E-state index is 12.5. The first-order chi connectivity index (χ1) is 9.04. The van der Waals surface area contributed by atoms with E-state index in [9.17, 15) is 36.9 Å². The largest absolute Gasteiger partial charge is 0.455 e. The first-order valence-corrected chi connectivity index (χ1v) is 4.91. The molecule has 0 saturated carbocycles. The molecule has 0 fully saturated rings. The van der Waals surface area contributed by atoms with E-state index in [0.29, 0.717) is 4.57 Å². The standard InChI is InChI=1S/C8H7F5N4O3/c9-7(10,8(11,12)13)4-15-5(18)3-16-2-1-14-6(16)17(19)20/h1-2H,3-4H2,(H,15,18)/i9-1,10-1,11-1,12-1,13-1. The van der Waals surface area contributed by atoms with Crippen LogP contribution in [0.5, 0.6) is 0 Å². The molecule has 1 N–H and O–H groups in total. The van der Waals surface area contributed by atoms with Crippen LogP contribution < -0.4 is 5.32 Å². The second-order valence-electron chi connectivity index (χ2n) is 3.59. The highest BCUT2D eigenvalue weighted by molar-refractivity contribution is 5.76. The Morgan fingerprint density at radius 2 is 2.00 bits per heavy atom. The van der Waals surface area contributed by atoms with Gasteiger partial charge in [-0.1, -0.05) is 4.98 Å². The van der Waals surface area contributed by atoms with Gasteiger partial charge in [-0.15, -0.1) is 0 Å². The monoisotopic (exact) mass is 297 g/mol. The van der Waals surface area contributed by atoms with Crippen LogP contribution in [0.2, 0.25) is 0 Å². The van der Waals surface area contributed by atoms with E-state index >= 15 is 0 Å². The predicted molar refractivity (Wildman–Crippen MR) is 52.9 cm³/mol. The van der Waals surface area contributed by atoms with Crippen LogP contribution in [-0.2, 0) is 11.3 Å². The summed E-state index contributed by atoms with van der Waals surface area (Å²) in [6.45, 7) is -2.75. The molecule has 1 aromatic rings. The van der Waals surface area contributed by atoms with E-state index in [0.717, 1.165) is 12.4 Å². The molecule has 12 heteroatoms. The summed E-state index contributed by atoms with van der Waals surface area (Å²) < 4.78 is 61.2. The van der Waals surface area contributed by atoms with Crippen molar-refractivity contribution in [3.8, 4) is 0 Å². The number of carbonyl (C=O) groups is 1. The molecule has 7 nitrogen and oxygen atoms in total. The summed E-state index contributed by atoms with van der Waals surface area (Å²) in [4.78, 5) is 24.0. The molecule has 0 aliphatic rings. The van der Waals surface area contributed by atoms with E-state index in [1.165, 1.54) is 5.32 Å². The van der Waals surface area contributed by atoms with Gasteiger partial charge >= 0.3 is 18.0 Å². The van der Waals surface area contributed by atoms with E-state index in [-0.39, 0.29) is 0 Å². The number of aromatic nitrogens is 2. The molecule has 0 aliphatic carbocycles. The van der Waals surface area contributed by atoms with Gasteiger partial charge in [-0.25, -0.2) is 4.57 Å². The number of imidazole rings is 1. The van der Waals surface area contributed by atoms with Gasteiger partial charge in [0.15, 0.2) is 6.54 Å². The van der Waals surface area contributed by atoms with Crippen molar-refractivity contribution in [2.75, 3.05) is 6.54 Å². The van der Waals surface area contributed by atoms with Crippen molar-refractivity contribution in [2.24, 2.45) is 0 Å². The second kappa shape index (κ2) is 5.38. The molecule has 0 radical (unpaired) electrons. The Kier molecular flexibility index (Phi) is 4.25. The van der Waals surface area contributed by atoms with Gasteiger partial charge in [0.1, 0.15) is 12.4 Å². The molecular weight excluding hydrogens is 290 g/mol. The lowest BCUT2D eigenvalue weighted by Gasteiger charge is -2.19. The van der Waals surface area contributed by atoms with Crippen LogP contribution >= 0.6 is 0 Å². The minimum atomic E-state index is -5.79. The zero-order valence-electron chi connectivity index (χ0n) is 9.53. The fraction of sp³-hybridized carbons (Fsp3) is 0.500. The average Bonchev–Trinajstić information content (AvgIpc) is 2.73. The highest BCUT2D eigenvalue weighted by Crippen LogP contribution is 2.34.